The minimum atomic E-state index is 0.467. The fourth-order valence-electron chi connectivity index (χ4n) is 3.76. The lowest BCUT2D eigenvalue weighted by Gasteiger charge is -2.17. The molecule has 4 aromatic heterocycles. The third kappa shape index (κ3) is 2.34. The molecule has 0 bridgehead atoms. The van der Waals surface area contributed by atoms with Gasteiger partial charge < -0.3 is 4.57 Å². The van der Waals surface area contributed by atoms with E-state index < -0.39 is 0 Å². The van der Waals surface area contributed by atoms with Gasteiger partial charge in [0, 0.05) is 35.6 Å². The smallest absolute Gasteiger partial charge is 0.165 e. The lowest BCUT2D eigenvalue weighted by molar-refractivity contribution is 0.480. The Kier molecular flexibility index (Phi) is 3.79. The predicted octanol–water partition coefficient (Wildman–Crippen LogP) is 4.72. The van der Waals surface area contributed by atoms with Crippen LogP contribution in [0.4, 0.5) is 0 Å². The van der Waals surface area contributed by atoms with Gasteiger partial charge in [0.15, 0.2) is 5.65 Å². The summed E-state index contributed by atoms with van der Waals surface area (Å²) < 4.78 is 4.37. The second-order valence-electron chi connectivity index (χ2n) is 6.57. The Morgan fingerprint density at radius 2 is 1.88 bits per heavy atom. The molecular weight excluding hydrogens is 310 g/mol. The monoisotopic (exact) mass is 333 g/mol. The Morgan fingerprint density at radius 3 is 2.56 bits per heavy atom. The first-order valence-electron chi connectivity index (χ1n) is 8.92. The second-order valence-corrected chi connectivity index (χ2v) is 6.57. The zero-order valence-corrected chi connectivity index (χ0v) is 15.2. The van der Waals surface area contributed by atoms with Gasteiger partial charge in [-0.05, 0) is 38.8 Å². The number of hydrogen-bond acceptors (Lipinski definition) is 3. The Hall–Kier alpha value is -2.69. The molecule has 4 aromatic rings. The molecule has 0 radical (unpaired) electrons. The largest absolute Gasteiger partial charge is 0.329 e. The Morgan fingerprint density at radius 1 is 1.08 bits per heavy atom. The summed E-state index contributed by atoms with van der Waals surface area (Å²) in [5.74, 6) is 0. The van der Waals surface area contributed by atoms with Gasteiger partial charge in [-0.25, -0.2) is 4.98 Å². The normalized spacial score (nSPS) is 11.9. The van der Waals surface area contributed by atoms with Gasteiger partial charge >= 0.3 is 0 Å². The molecule has 5 heteroatoms. The molecule has 0 aliphatic heterocycles. The summed E-state index contributed by atoms with van der Waals surface area (Å²) in [6.07, 6.45) is 8.04. The summed E-state index contributed by atoms with van der Waals surface area (Å²) in [6.45, 7) is 8.60. The zero-order chi connectivity index (χ0) is 17.6. The summed E-state index contributed by atoms with van der Waals surface area (Å²) in [7, 11) is 0. The Bertz CT molecular complexity index is 1040. The van der Waals surface area contributed by atoms with E-state index >= 15 is 0 Å². The first-order chi connectivity index (χ1) is 12.2. The van der Waals surface area contributed by atoms with Gasteiger partial charge in [0.05, 0.1) is 17.0 Å². The standard InChI is InChI=1S/C20H23N5/c1-5-16(6-2)24-11-9-17-13(3)22-19-18(15-8-7-10-21-12-15)14(4)23-25(19)20(17)24/h7-12,16H,5-6H2,1-4H3. The van der Waals surface area contributed by atoms with E-state index in [0.29, 0.717) is 6.04 Å². The topological polar surface area (TPSA) is 48.0 Å². The van der Waals surface area contributed by atoms with Gasteiger partial charge in [-0.2, -0.15) is 9.61 Å². The van der Waals surface area contributed by atoms with Crippen LogP contribution in [0.2, 0.25) is 0 Å². The van der Waals surface area contributed by atoms with E-state index in [-0.39, 0.29) is 0 Å². The Balaban J connectivity index is 2.10. The number of rotatable bonds is 4. The molecule has 128 valence electrons. The highest BCUT2D eigenvalue weighted by Crippen LogP contribution is 2.32. The van der Waals surface area contributed by atoms with Gasteiger partial charge in [-0.1, -0.05) is 19.9 Å². The summed E-state index contributed by atoms with van der Waals surface area (Å²) in [6, 6.07) is 6.65. The van der Waals surface area contributed by atoms with Crippen LogP contribution < -0.4 is 0 Å². The molecule has 0 aromatic carbocycles. The SMILES string of the molecule is CCC(CC)n1ccc2c(C)nc3c(-c4cccnc4)c(C)nn3c21. The van der Waals surface area contributed by atoms with E-state index in [1.54, 1.807) is 6.20 Å². The molecule has 4 heterocycles. The van der Waals surface area contributed by atoms with Crippen LogP contribution >= 0.6 is 0 Å². The molecule has 0 aliphatic carbocycles. The predicted molar refractivity (Wildman–Crippen MR) is 101 cm³/mol. The number of aromatic nitrogens is 5. The molecule has 0 saturated heterocycles. The highest BCUT2D eigenvalue weighted by Gasteiger charge is 2.20. The minimum Gasteiger partial charge on any atom is -0.329 e. The fourth-order valence-corrected chi connectivity index (χ4v) is 3.76. The van der Waals surface area contributed by atoms with Crippen molar-refractivity contribution in [2.45, 2.75) is 46.6 Å². The van der Waals surface area contributed by atoms with E-state index in [2.05, 4.69) is 48.7 Å². The van der Waals surface area contributed by atoms with Crippen LogP contribution in [-0.4, -0.2) is 24.1 Å². The third-order valence-corrected chi connectivity index (χ3v) is 5.07. The van der Waals surface area contributed by atoms with Crippen LogP contribution in [0.25, 0.3) is 27.8 Å². The van der Waals surface area contributed by atoms with Crippen LogP contribution in [0.15, 0.2) is 36.8 Å². The van der Waals surface area contributed by atoms with Gasteiger partial charge in [-0.3, -0.25) is 4.98 Å². The van der Waals surface area contributed by atoms with E-state index in [4.69, 9.17) is 10.1 Å². The van der Waals surface area contributed by atoms with Crippen molar-refractivity contribution in [3.63, 3.8) is 0 Å². The number of aryl methyl sites for hydroxylation is 2. The lowest BCUT2D eigenvalue weighted by Crippen LogP contribution is -2.09. The average Bonchev–Trinajstić information content (AvgIpc) is 3.19. The van der Waals surface area contributed by atoms with Crippen molar-refractivity contribution < 1.29 is 0 Å². The highest BCUT2D eigenvalue weighted by molar-refractivity contribution is 5.87. The highest BCUT2D eigenvalue weighted by atomic mass is 15.3. The van der Waals surface area contributed by atoms with Gasteiger partial charge in [0.25, 0.3) is 0 Å². The molecule has 0 fully saturated rings. The molecule has 0 unspecified atom stereocenters. The number of hydrogen-bond donors (Lipinski definition) is 0. The van der Waals surface area contributed by atoms with Gasteiger partial charge in [-0.15, -0.1) is 0 Å². The van der Waals surface area contributed by atoms with E-state index in [9.17, 15) is 0 Å². The third-order valence-electron chi connectivity index (χ3n) is 5.07. The molecule has 5 nitrogen and oxygen atoms in total. The first kappa shape index (κ1) is 15.8. The average molecular weight is 333 g/mol. The summed E-state index contributed by atoms with van der Waals surface area (Å²) in [5, 5.41) is 6.01. The minimum absolute atomic E-state index is 0.467. The molecule has 0 amide bonds. The van der Waals surface area contributed by atoms with Crippen molar-refractivity contribution in [3.8, 4) is 11.1 Å². The molecule has 0 N–H and O–H groups in total. The summed E-state index contributed by atoms with van der Waals surface area (Å²) in [4.78, 5) is 9.15. The maximum atomic E-state index is 4.88. The van der Waals surface area contributed by atoms with Crippen LogP contribution in [0, 0.1) is 13.8 Å². The summed E-state index contributed by atoms with van der Waals surface area (Å²) in [5.41, 5.74) is 6.18. The molecule has 0 atom stereocenters. The Labute approximate surface area is 147 Å². The molecule has 0 spiro atoms. The summed E-state index contributed by atoms with van der Waals surface area (Å²) >= 11 is 0. The maximum Gasteiger partial charge on any atom is 0.165 e. The van der Waals surface area contributed by atoms with Crippen molar-refractivity contribution in [2.75, 3.05) is 0 Å². The van der Waals surface area contributed by atoms with Gasteiger partial charge in [0.2, 0.25) is 0 Å². The van der Waals surface area contributed by atoms with Crippen molar-refractivity contribution >= 4 is 16.7 Å². The zero-order valence-electron chi connectivity index (χ0n) is 15.2. The van der Waals surface area contributed by atoms with E-state index in [0.717, 1.165) is 46.7 Å². The van der Waals surface area contributed by atoms with Gasteiger partial charge in [0.1, 0.15) is 5.65 Å². The van der Waals surface area contributed by atoms with Crippen molar-refractivity contribution in [1.29, 1.82) is 0 Å². The quantitative estimate of drug-likeness (QED) is 0.543. The van der Waals surface area contributed by atoms with Crippen LogP contribution in [0.3, 0.4) is 0 Å². The maximum absolute atomic E-state index is 4.88. The van der Waals surface area contributed by atoms with Crippen LogP contribution in [0.5, 0.6) is 0 Å². The fraction of sp³-hybridized carbons (Fsp3) is 0.350. The van der Waals surface area contributed by atoms with Crippen molar-refractivity contribution in [2.24, 2.45) is 0 Å². The molecule has 4 rings (SSSR count). The van der Waals surface area contributed by atoms with Crippen LogP contribution in [-0.2, 0) is 0 Å². The molecular formula is C20H23N5. The first-order valence-corrected chi connectivity index (χ1v) is 8.92. The lowest BCUT2D eigenvalue weighted by atomic mass is 10.1. The molecule has 25 heavy (non-hydrogen) atoms. The second kappa shape index (κ2) is 5.99. The number of nitrogens with zero attached hydrogens (tertiary/aromatic N) is 5. The van der Waals surface area contributed by atoms with E-state index in [1.807, 2.05) is 23.7 Å². The van der Waals surface area contributed by atoms with Crippen LogP contribution in [0.1, 0.15) is 44.1 Å². The van der Waals surface area contributed by atoms with Crippen molar-refractivity contribution in [3.05, 3.63) is 48.2 Å². The number of pyridine rings is 1. The molecule has 0 aliphatic rings. The molecule has 0 saturated carbocycles. The van der Waals surface area contributed by atoms with Crippen molar-refractivity contribution in [1.82, 2.24) is 24.1 Å². The van der Waals surface area contributed by atoms with E-state index in [1.165, 1.54) is 5.39 Å². The number of fused-ring (bicyclic) bond motifs is 3.